The molecule has 1 aliphatic heterocycles. The summed E-state index contributed by atoms with van der Waals surface area (Å²) in [6.45, 7) is 1.54. The molecule has 0 N–H and O–H groups in total. The number of hydrogen-bond acceptors (Lipinski definition) is 6. The number of fused-ring (bicyclic) bond motifs is 3. The number of hydrogen-bond donors (Lipinski definition) is 0. The molecule has 3 aromatic rings. The number of imidazole rings is 1. The number of carbonyl (C=O) groups excluding carboxylic acids is 1. The predicted molar refractivity (Wildman–Crippen MR) is 90.8 cm³/mol. The van der Waals surface area contributed by atoms with Crippen molar-refractivity contribution >= 4 is 53.9 Å². The molecule has 23 heavy (non-hydrogen) atoms. The number of piperazine rings is 1. The Bertz CT molecular complexity index is 992. The highest BCUT2D eigenvalue weighted by Gasteiger charge is 2.27. The monoisotopic (exact) mass is 370 g/mol. The van der Waals surface area contributed by atoms with E-state index in [1.54, 1.807) is 16.2 Å². The van der Waals surface area contributed by atoms with E-state index >= 15 is 0 Å². The summed E-state index contributed by atoms with van der Waals surface area (Å²) in [5.74, 6) is -0.0508. The van der Waals surface area contributed by atoms with Crippen molar-refractivity contribution in [3.63, 3.8) is 0 Å². The van der Waals surface area contributed by atoms with Crippen LogP contribution in [0.5, 0.6) is 0 Å². The fraction of sp³-hybridized carbons (Fsp3) is 0.385. The van der Waals surface area contributed by atoms with Crippen LogP contribution in [0, 0.1) is 0 Å². The Morgan fingerprint density at radius 2 is 2.00 bits per heavy atom. The standard InChI is InChI=1S/C13H14N4O3S3/c1-23(19,20)16-4-2-15(3-5-16)12(18)10-8-9-11(22-10)14-13-17(9)6-7-21-13/h6-8H,2-5H2,1H3. The fourth-order valence-electron chi connectivity index (χ4n) is 2.73. The summed E-state index contributed by atoms with van der Waals surface area (Å²) in [6.07, 6.45) is 3.15. The Morgan fingerprint density at radius 1 is 1.26 bits per heavy atom. The SMILES string of the molecule is CS(=O)(=O)N1CCN(C(=O)c2cc3c(nc4sccn43)s2)CC1. The molecule has 7 nitrogen and oxygen atoms in total. The first-order valence-electron chi connectivity index (χ1n) is 7.03. The summed E-state index contributed by atoms with van der Waals surface area (Å²) in [5.41, 5.74) is 0.948. The van der Waals surface area contributed by atoms with Crippen LogP contribution in [0.1, 0.15) is 9.67 Å². The van der Waals surface area contributed by atoms with Gasteiger partial charge in [-0.05, 0) is 6.07 Å². The van der Waals surface area contributed by atoms with Gasteiger partial charge in [0.2, 0.25) is 10.0 Å². The maximum Gasteiger partial charge on any atom is 0.264 e. The van der Waals surface area contributed by atoms with Gasteiger partial charge in [0.05, 0.1) is 16.6 Å². The average Bonchev–Trinajstić information content (AvgIpc) is 3.17. The third-order valence-corrected chi connectivity index (χ3v) is 7.01. The van der Waals surface area contributed by atoms with Gasteiger partial charge < -0.3 is 4.90 Å². The predicted octanol–water partition coefficient (Wildman–Crippen LogP) is 1.33. The Labute approximate surface area is 140 Å². The molecule has 0 atom stereocenters. The number of carbonyl (C=O) groups is 1. The first-order valence-corrected chi connectivity index (χ1v) is 10.6. The molecule has 0 unspecified atom stereocenters. The summed E-state index contributed by atoms with van der Waals surface area (Å²) in [7, 11) is -3.18. The molecule has 1 saturated heterocycles. The van der Waals surface area contributed by atoms with Crippen molar-refractivity contribution in [1.82, 2.24) is 18.6 Å². The second kappa shape index (κ2) is 5.26. The molecule has 122 valence electrons. The zero-order valence-corrected chi connectivity index (χ0v) is 14.7. The normalized spacial score (nSPS) is 17.3. The lowest BCUT2D eigenvalue weighted by molar-refractivity contribution is 0.0703. The smallest absolute Gasteiger partial charge is 0.264 e. The van der Waals surface area contributed by atoms with Crippen molar-refractivity contribution in [2.45, 2.75) is 0 Å². The van der Waals surface area contributed by atoms with Gasteiger partial charge in [-0.3, -0.25) is 9.20 Å². The molecule has 10 heteroatoms. The first kappa shape index (κ1) is 15.1. The van der Waals surface area contributed by atoms with Gasteiger partial charge in [0.25, 0.3) is 5.91 Å². The second-order valence-corrected chi connectivity index (χ2v) is 9.31. The number of thiazole rings is 1. The molecule has 1 fully saturated rings. The van der Waals surface area contributed by atoms with Crippen LogP contribution in [0.3, 0.4) is 0 Å². The highest BCUT2D eigenvalue weighted by molar-refractivity contribution is 7.88. The van der Waals surface area contributed by atoms with Gasteiger partial charge in [-0.25, -0.2) is 13.4 Å². The van der Waals surface area contributed by atoms with E-state index in [-0.39, 0.29) is 5.91 Å². The van der Waals surface area contributed by atoms with Crippen molar-refractivity contribution < 1.29 is 13.2 Å². The molecule has 0 saturated carbocycles. The third-order valence-electron chi connectivity index (χ3n) is 3.95. The van der Waals surface area contributed by atoms with Crippen LogP contribution in [0.15, 0.2) is 17.6 Å². The van der Waals surface area contributed by atoms with E-state index in [9.17, 15) is 13.2 Å². The largest absolute Gasteiger partial charge is 0.335 e. The van der Waals surface area contributed by atoms with E-state index in [1.807, 2.05) is 22.0 Å². The third kappa shape index (κ3) is 2.55. The van der Waals surface area contributed by atoms with Crippen molar-refractivity contribution in [2.75, 3.05) is 32.4 Å². The van der Waals surface area contributed by atoms with Crippen molar-refractivity contribution in [2.24, 2.45) is 0 Å². The van der Waals surface area contributed by atoms with Gasteiger partial charge in [-0.15, -0.1) is 22.7 Å². The lowest BCUT2D eigenvalue weighted by atomic mass is 10.3. The van der Waals surface area contributed by atoms with Crippen LogP contribution in [0.4, 0.5) is 0 Å². The van der Waals surface area contributed by atoms with Crippen molar-refractivity contribution in [3.05, 3.63) is 22.5 Å². The van der Waals surface area contributed by atoms with Crippen LogP contribution in [0.2, 0.25) is 0 Å². The quantitative estimate of drug-likeness (QED) is 0.682. The molecule has 0 spiro atoms. The Morgan fingerprint density at radius 3 is 2.70 bits per heavy atom. The molecule has 0 radical (unpaired) electrons. The van der Waals surface area contributed by atoms with E-state index in [0.29, 0.717) is 31.1 Å². The molecular weight excluding hydrogens is 356 g/mol. The molecule has 0 bridgehead atoms. The van der Waals surface area contributed by atoms with E-state index in [2.05, 4.69) is 4.98 Å². The second-order valence-electron chi connectivity index (χ2n) is 5.42. The minimum Gasteiger partial charge on any atom is -0.335 e. The van der Waals surface area contributed by atoms with E-state index in [0.717, 1.165) is 15.3 Å². The Kier molecular flexibility index (Phi) is 3.45. The zero-order chi connectivity index (χ0) is 16.2. The molecule has 0 aliphatic carbocycles. The van der Waals surface area contributed by atoms with Crippen molar-refractivity contribution in [1.29, 1.82) is 0 Å². The van der Waals surface area contributed by atoms with Gasteiger partial charge in [-0.1, -0.05) is 0 Å². The van der Waals surface area contributed by atoms with Crippen LogP contribution < -0.4 is 0 Å². The van der Waals surface area contributed by atoms with Gasteiger partial charge in [0, 0.05) is 37.8 Å². The lowest BCUT2D eigenvalue weighted by Crippen LogP contribution is -2.50. The minimum atomic E-state index is -3.18. The average molecular weight is 370 g/mol. The number of thiophene rings is 1. The molecule has 1 aliphatic rings. The first-order chi connectivity index (χ1) is 10.9. The number of amides is 1. The van der Waals surface area contributed by atoms with E-state index in [4.69, 9.17) is 0 Å². The maximum atomic E-state index is 12.6. The molecule has 4 heterocycles. The van der Waals surface area contributed by atoms with Gasteiger partial charge in [-0.2, -0.15) is 4.31 Å². The molecular formula is C13H14N4O3S3. The molecule has 4 rings (SSSR count). The minimum absolute atomic E-state index is 0.0508. The molecule has 1 amide bonds. The highest BCUT2D eigenvalue weighted by Crippen LogP contribution is 2.29. The van der Waals surface area contributed by atoms with Gasteiger partial charge >= 0.3 is 0 Å². The molecule has 3 aromatic heterocycles. The van der Waals surface area contributed by atoms with E-state index in [1.165, 1.54) is 21.9 Å². The number of nitrogens with zero attached hydrogens (tertiary/aromatic N) is 4. The topological polar surface area (TPSA) is 75.0 Å². The molecule has 0 aromatic carbocycles. The summed E-state index contributed by atoms with van der Waals surface area (Å²) < 4.78 is 26.4. The summed E-state index contributed by atoms with van der Waals surface area (Å²) in [4.78, 5) is 21.3. The highest BCUT2D eigenvalue weighted by atomic mass is 32.2. The Hall–Kier alpha value is -1.49. The lowest BCUT2D eigenvalue weighted by Gasteiger charge is -2.32. The van der Waals surface area contributed by atoms with Crippen molar-refractivity contribution in [3.8, 4) is 0 Å². The zero-order valence-electron chi connectivity index (χ0n) is 12.3. The number of rotatable bonds is 2. The van der Waals surface area contributed by atoms with E-state index < -0.39 is 10.0 Å². The van der Waals surface area contributed by atoms with Crippen LogP contribution in [-0.4, -0.2) is 65.3 Å². The Balaban J connectivity index is 1.56. The maximum absolute atomic E-state index is 12.6. The van der Waals surface area contributed by atoms with Gasteiger partial charge in [0.1, 0.15) is 4.83 Å². The number of aromatic nitrogens is 2. The summed E-state index contributed by atoms with van der Waals surface area (Å²) >= 11 is 2.95. The summed E-state index contributed by atoms with van der Waals surface area (Å²) in [5, 5.41) is 1.96. The van der Waals surface area contributed by atoms with Crippen LogP contribution >= 0.6 is 22.7 Å². The number of sulfonamides is 1. The van der Waals surface area contributed by atoms with Gasteiger partial charge in [0.15, 0.2) is 4.96 Å². The fourth-order valence-corrected chi connectivity index (χ4v) is 5.33. The van der Waals surface area contributed by atoms with Crippen LogP contribution in [0.25, 0.3) is 15.3 Å². The summed E-state index contributed by atoms with van der Waals surface area (Å²) in [6, 6.07) is 1.87. The van der Waals surface area contributed by atoms with Crippen LogP contribution in [-0.2, 0) is 10.0 Å².